The molecule has 2 aromatic carbocycles. The highest BCUT2D eigenvalue weighted by molar-refractivity contribution is 6.31. The van der Waals surface area contributed by atoms with E-state index in [2.05, 4.69) is 17.1 Å². The van der Waals surface area contributed by atoms with E-state index in [1.807, 2.05) is 62.4 Å². The Kier molecular flexibility index (Phi) is 4.37. The molecule has 0 bridgehead atoms. The maximum absolute atomic E-state index is 11.4. The van der Waals surface area contributed by atoms with Gasteiger partial charge in [-0.2, -0.15) is 0 Å². The summed E-state index contributed by atoms with van der Waals surface area (Å²) in [5.41, 5.74) is 1.98. The second-order valence-corrected chi connectivity index (χ2v) is 7.76. The van der Waals surface area contributed by atoms with Crippen LogP contribution in [0.3, 0.4) is 0 Å². The summed E-state index contributed by atoms with van der Waals surface area (Å²) in [6, 6.07) is 15.7. The van der Waals surface area contributed by atoms with Crippen LogP contribution < -0.4 is 0 Å². The number of aliphatic hydroxyl groups is 1. The predicted octanol–water partition coefficient (Wildman–Crippen LogP) is 5.33. The fourth-order valence-electron chi connectivity index (χ4n) is 3.81. The van der Waals surface area contributed by atoms with Crippen molar-refractivity contribution in [1.29, 1.82) is 0 Å². The highest BCUT2D eigenvalue weighted by Crippen LogP contribution is 2.44. The van der Waals surface area contributed by atoms with E-state index in [-0.39, 0.29) is 0 Å². The molecule has 1 aliphatic heterocycles. The predicted molar refractivity (Wildman–Crippen MR) is 111 cm³/mol. The quantitative estimate of drug-likeness (QED) is 0.668. The van der Waals surface area contributed by atoms with Crippen molar-refractivity contribution in [3.8, 4) is 0 Å². The molecule has 2 unspecified atom stereocenters. The molecule has 1 aliphatic rings. The van der Waals surface area contributed by atoms with Crippen LogP contribution in [0.1, 0.15) is 30.0 Å². The first-order valence-electron chi connectivity index (χ1n) is 8.98. The minimum absolute atomic E-state index is 0.403. The zero-order valence-electron chi connectivity index (χ0n) is 15.4. The van der Waals surface area contributed by atoms with Crippen molar-refractivity contribution in [3.63, 3.8) is 0 Å². The molecule has 3 nitrogen and oxygen atoms in total. The molecule has 1 N–H and O–H groups in total. The normalized spacial score (nSPS) is 20.9. The van der Waals surface area contributed by atoms with Gasteiger partial charge in [0, 0.05) is 29.2 Å². The molecule has 0 fully saturated rings. The van der Waals surface area contributed by atoms with Crippen molar-refractivity contribution in [2.24, 2.45) is 4.99 Å². The summed E-state index contributed by atoms with van der Waals surface area (Å²) in [4.78, 5) is 9.25. The number of nitrogens with zero attached hydrogens (tertiary/aromatic N) is 2. The minimum Gasteiger partial charge on any atom is -0.385 e. The van der Waals surface area contributed by atoms with E-state index in [0.717, 1.165) is 27.6 Å². The van der Waals surface area contributed by atoms with E-state index in [0.29, 0.717) is 11.4 Å². The van der Waals surface area contributed by atoms with Crippen LogP contribution in [-0.4, -0.2) is 16.3 Å². The van der Waals surface area contributed by atoms with Crippen LogP contribution in [0.5, 0.6) is 0 Å². The van der Waals surface area contributed by atoms with Crippen LogP contribution in [-0.2, 0) is 11.1 Å². The Morgan fingerprint density at radius 1 is 1.15 bits per heavy atom. The number of hydrogen-bond acceptors (Lipinski definition) is 3. The molecule has 4 rings (SSSR count). The van der Waals surface area contributed by atoms with Gasteiger partial charge in [0.2, 0.25) is 0 Å². The largest absolute Gasteiger partial charge is 0.385 e. The van der Waals surface area contributed by atoms with Gasteiger partial charge < -0.3 is 5.11 Å². The highest BCUT2D eigenvalue weighted by Gasteiger charge is 2.40. The van der Waals surface area contributed by atoms with Crippen LogP contribution in [0.2, 0.25) is 5.02 Å². The minimum atomic E-state index is -1.10. The van der Waals surface area contributed by atoms with Crippen LogP contribution in [0.25, 0.3) is 10.9 Å². The molecule has 0 saturated heterocycles. The third kappa shape index (κ3) is 3.18. The van der Waals surface area contributed by atoms with Crippen molar-refractivity contribution in [2.75, 3.05) is 0 Å². The molecular weight excluding hydrogens is 356 g/mol. The molecule has 2 heterocycles. The second kappa shape index (κ2) is 6.59. The van der Waals surface area contributed by atoms with Crippen molar-refractivity contribution < 1.29 is 5.11 Å². The van der Waals surface area contributed by atoms with Crippen molar-refractivity contribution >= 4 is 28.7 Å². The first-order valence-corrected chi connectivity index (χ1v) is 9.35. The van der Waals surface area contributed by atoms with E-state index < -0.39 is 11.1 Å². The number of aliphatic imine (C=N–C) groups is 1. The lowest BCUT2D eigenvalue weighted by atomic mass is 9.77. The molecule has 2 atom stereocenters. The number of halogens is 1. The lowest BCUT2D eigenvalue weighted by Crippen LogP contribution is -2.33. The van der Waals surface area contributed by atoms with Crippen molar-refractivity contribution in [1.82, 2.24) is 4.98 Å². The van der Waals surface area contributed by atoms with Gasteiger partial charge in [-0.15, -0.1) is 0 Å². The monoisotopic (exact) mass is 376 g/mol. The van der Waals surface area contributed by atoms with Gasteiger partial charge in [0.05, 0.1) is 11.1 Å². The number of hydrogen-bond donors (Lipinski definition) is 1. The summed E-state index contributed by atoms with van der Waals surface area (Å²) < 4.78 is 0. The number of rotatable bonds is 4. The highest BCUT2D eigenvalue weighted by atomic mass is 35.5. The Labute approximate surface area is 164 Å². The van der Waals surface area contributed by atoms with Crippen LogP contribution >= 0.6 is 11.6 Å². The van der Waals surface area contributed by atoms with Crippen LogP contribution in [0, 0.1) is 6.92 Å². The number of aryl methyl sites for hydroxylation is 1. The van der Waals surface area contributed by atoms with Gasteiger partial charge in [0.15, 0.2) is 0 Å². The Bertz CT molecular complexity index is 1050. The summed E-state index contributed by atoms with van der Waals surface area (Å²) in [7, 11) is 0. The Morgan fingerprint density at radius 3 is 2.70 bits per heavy atom. The smallest absolute Gasteiger partial charge is 0.108 e. The molecule has 0 aliphatic carbocycles. The van der Waals surface area contributed by atoms with E-state index in [9.17, 15) is 5.11 Å². The lowest BCUT2D eigenvalue weighted by molar-refractivity contribution is 0.0311. The Hall–Kier alpha value is -2.49. The summed E-state index contributed by atoms with van der Waals surface area (Å²) in [6.45, 7) is 3.77. The maximum Gasteiger partial charge on any atom is 0.108 e. The van der Waals surface area contributed by atoms with Gasteiger partial charge in [0.25, 0.3) is 0 Å². The van der Waals surface area contributed by atoms with Crippen molar-refractivity contribution in [3.05, 3.63) is 88.6 Å². The van der Waals surface area contributed by atoms with E-state index in [4.69, 9.17) is 16.6 Å². The van der Waals surface area contributed by atoms with Crippen molar-refractivity contribution in [2.45, 2.75) is 31.4 Å². The molecule has 4 heteroatoms. The molecule has 0 spiro atoms. The fraction of sp³-hybridized carbons (Fsp3) is 0.217. The van der Waals surface area contributed by atoms with Crippen LogP contribution in [0.15, 0.2) is 71.9 Å². The second-order valence-electron chi connectivity index (χ2n) is 7.35. The fourth-order valence-corrected chi connectivity index (χ4v) is 3.99. The number of aromatic nitrogens is 1. The molecule has 0 saturated carbocycles. The maximum atomic E-state index is 11.4. The molecule has 27 heavy (non-hydrogen) atoms. The van der Waals surface area contributed by atoms with Crippen LogP contribution in [0.4, 0.5) is 0 Å². The number of fused-ring (bicyclic) bond motifs is 1. The molecule has 0 amide bonds. The standard InChI is InChI=1S/C23H21ClN2O/c1-16-8-9-17(14-20(16)24)22(2,27)15-23(11-5-12-26-23)19-10-13-25-21-7-4-3-6-18(19)21/h3-14,27H,15H2,1-2H3. The van der Waals surface area contributed by atoms with Gasteiger partial charge >= 0.3 is 0 Å². The lowest BCUT2D eigenvalue weighted by Gasteiger charge is -2.35. The Morgan fingerprint density at radius 2 is 1.96 bits per heavy atom. The molecule has 1 aromatic heterocycles. The number of allylic oxidation sites excluding steroid dienone is 1. The third-order valence-corrected chi connectivity index (χ3v) is 5.69. The SMILES string of the molecule is Cc1ccc(C(C)(O)CC2(c3ccnc4ccccc34)C=CC=N2)cc1Cl. The molecule has 3 aromatic rings. The average molecular weight is 377 g/mol. The van der Waals surface area contributed by atoms with Gasteiger partial charge in [-0.05, 0) is 54.8 Å². The van der Waals surface area contributed by atoms with Gasteiger partial charge in [-0.25, -0.2) is 0 Å². The summed E-state index contributed by atoms with van der Waals surface area (Å²) in [6.07, 6.45) is 8.00. The summed E-state index contributed by atoms with van der Waals surface area (Å²) >= 11 is 6.30. The number of pyridine rings is 1. The first kappa shape index (κ1) is 17.9. The molecule has 136 valence electrons. The summed E-state index contributed by atoms with van der Waals surface area (Å²) in [5, 5.41) is 13.1. The zero-order chi connectivity index (χ0) is 19.1. The van der Waals surface area contributed by atoms with E-state index in [1.54, 1.807) is 12.4 Å². The van der Waals surface area contributed by atoms with E-state index in [1.165, 1.54) is 0 Å². The average Bonchev–Trinajstić information content (AvgIpc) is 3.12. The number of benzene rings is 2. The Balaban J connectivity index is 1.82. The van der Waals surface area contributed by atoms with Gasteiger partial charge in [0.1, 0.15) is 5.54 Å². The van der Waals surface area contributed by atoms with Gasteiger partial charge in [-0.1, -0.05) is 48.0 Å². The first-order chi connectivity index (χ1) is 12.9. The topological polar surface area (TPSA) is 45.5 Å². The molecule has 0 radical (unpaired) electrons. The zero-order valence-corrected chi connectivity index (χ0v) is 16.1. The van der Waals surface area contributed by atoms with E-state index >= 15 is 0 Å². The third-order valence-electron chi connectivity index (χ3n) is 5.29. The summed E-state index contributed by atoms with van der Waals surface area (Å²) in [5.74, 6) is 0. The van der Waals surface area contributed by atoms with Gasteiger partial charge in [-0.3, -0.25) is 9.98 Å². The molecular formula is C23H21ClN2O. The number of para-hydroxylation sites is 1.